The van der Waals surface area contributed by atoms with Crippen molar-refractivity contribution in [1.29, 1.82) is 0 Å². The van der Waals surface area contributed by atoms with Crippen LogP contribution in [0.25, 0.3) is 0 Å². The number of sulfonamides is 1. The van der Waals surface area contributed by atoms with Gasteiger partial charge in [-0.1, -0.05) is 0 Å². The smallest absolute Gasteiger partial charge is 0.246 e. The second kappa shape index (κ2) is 5.29. The summed E-state index contributed by atoms with van der Waals surface area (Å²) in [6.45, 7) is 2.66. The summed E-state index contributed by atoms with van der Waals surface area (Å²) in [5.41, 5.74) is 0.00429. The van der Waals surface area contributed by atoms with E-state index in [-0.39, 0.29) is 5.56 Å². The molecule has 0 aliphatic heterocycles. The Balaban J connectivity index is 3.45. The molecule has 0 aromatic heterocycles. The second-order valence-electron chi connectivity index (χ2n) is 4.16. The molecule has 0 amide bonds. The maximum atomic E-state index is 13.6. The minimum absolute atomic E-state index is 0.00429. The van der Waals surface area contributed by atoms with Gasteiger partial charge in [-0.25, -0.2) is 17.2 Å². The minimum Gasteiger partial charge on any atom is -0.392 e. The standard InChI is InChI=1S/C11H15F2NO3S/c1-7(2)14(3)18(16,17)10-5-8(6-15)4-9(12)11(10)13/h4-5,7,15H,6H2,1-3H3. The summed E-state index contributed by atoms with van der Waals surface area (Å²) in [5.74, 6) is -2.73. The van der Waals surface area contributed by atoms with E-state index in [1.165, 1.54) is 7.05 Å². The van der Waals surface area contributed by atoms with Crippen molar-refractivity contribution in [3.8, 4) is 0 Å². The van der Waals surface area contributed by atoms with Gasteiger partial charge in [0.15, 0.2) is 11.6 Å². The quantitative estimate of drug-likeness (QED) is 0.908. The lowest BCUT2D eigenvalue weighted by Gasteiger charge is -2.21. The highest BCUT2D eigenvalue weighted by molar-refractivity contribution is 7.89. The normalized spacial score (nSPS) is 12.4. The van der Waals surface area contributed by atoms with Gasteiger partial charge in [-0.2, -0.15) is 4.31 Å². The van der Waals surface area contributed by atoms with Crippen LogP contribution in [0.3, 0.4) is 0 Å². The first-order valence-corrected chi connectivity index (χ1v) is 6.72. The number of nitrogens with zero attached hydrogens (tertiary/aromatic N) is 1. The maximum Gasteiger partial charge on any atom is 0.246 e. The van der Waals surface area contributed by atoms with E-state index in [1.54, 1.807) is 13.8 Å². The molecule has 0 spiro atoms. The average Bonchev–Trinajstić information content (AvgIpc) is 2.30. The van der Waals surface area contributed by atoms with E-state index in [2.05, 4.69) is 0 Å². The van der Waals surface area contributed by atoms with Gasteiger partial charge in [0.25, 0.3) is 0 Å². The average molecular weight is 279 g/mol. The molecule has 0 saturated heterocycles. The van der Waals surface area contributed by atoms with E-state index >= 15 is 0 Å². The van der Waals surface area contributed by atoms with Crippen molar-refractivity contribution >= 4 is 10.0 Å². The van der Waals surface area contributed by atoms with Crippen LogP contribution in [-0.4, -0.2) is 30.9 Å². The molecule has 0 bridgehead atoms. The number of aliphatic hydroxyl groups is 1. The topological polar surface area (TPSA) is 57.6 Å². The van der Waals surface area contributed by atoms with Crippen LogP contribution in [0, 0.1) is 11.6 Å². The number of hydrogen-bond acceptors (Lipinski definition) is 3. The molecule has 1 aromatic rings. The Bertz CT molecular complexity index is 543. The molecule has 0 fully saturated rings. The Morgan fingerprint density at radius 3 is 2.33 bits per heavy atom. The highest BCUT2D eigenvalue weighted by Gasteiger charge is 2.28. The number of hydrogen-bond donors (Lipinski definition) is 1. The minimum atomic E-state index is -4.12. The van der Waals surface area contributed by atoms with Gasteiger partial charge in [0.1, 0.15) is 4.90 Å². The summed E-state index contributed by atoms with van der Waals surface area (Å²) in [7, 11) is -2.84. The van der Waals surface area contributed by atoms with E-state index in [0.717, 1.165) is 16.4 Å². The van der Waals surface area contributed by atoms with E-state index in [9.17, 15) is 17.2 Å². The Morgan fingerprint density at radius 1 is 1.33 bits per heavy atom. The summed E-state index contributed by atoms with van der Waals surface area (Å²) in [4.78, 5) is -0.761. The van der Waals surface area contributed by atoms with Gasteiger partial charge >= 0.3 is 0 Å². The zero-order valence-electron chi connectivity index (χ0n) is 10.3. The van der Waals surface area contributed by atoms with Crippen LogP contribution in [0.1, 0.15) is 19.4 Å². The zero-order chi connectivity index (χ0) is 14.1. The fraction of sp³-hybridized carbons (Fsp3) is 0.455. The van der Waals surface area contributed by atoms with Crippen LogP contribution in [0.15, 0.2) is 17.0 Å². The van der Waals surface area contributed by atoms with Crippen molar-refractivity contribution in [2.24, 2.45) is 0 Å². The summed E-state index contributed by atoms with van der Waals surface area (Å²) in [5, 5.41) is 8.89. The zero-order valence-corrected chi connectivity index (χ0v) is 11.1. The Morgan fingerprint density at radius 2 is 1.89 bits per heavy atom. The number of halogens is 2. The summed E-state index contributed by atoms with van der Waals surface area (Å²) < 4.78 is 51.9. The number of benzene rings is 1. The van der Waals surface area contributed by atoms with E-state index in [1.807, 2.05) is 0 Å². The van der Waals surface area contributed by atoms with Gasteiger partial charge in [-0.15, -0.1) is 0 Å². The van der Waals surface area contributed by atoms with Gasteiger partial charge in [0.2, 0.25) is 10.0 Å². The third kappa shape index (κ3) is 2.68. The molecule has 102 valence electrons. The Kier molecular flexibility index (Phi) is 4.41. The molecular formula is C11H15F2NO3S. The van der Waals surface area contributed by atoms with Crippen molar-refractivity contribution in [3.05, 3.63) is 29.3 Å². The molecule has 0 saturated carbocycles. The highest BCUT2D eigenvalue weighted by Crippen LogP contribution is 2.23. The monoisotopic (exact) mass is 279 g/mol. The van der Waals surface area contributed by atoms with Crippen molar-refractivity contribution < 1.29 is 22.3 Å². The van der Waals surface area contributed by atoms with Crippen molar-refractivity contribution in [1.82, 2.24) is 4.31 Å². The van der Waals surface area contributed by atoms with Crippen molar-refractivity contribution in [2.75, 3.05) is 7.05 Å². The van der Waals surface area contributed by atoms with Crippen LogP contribution in [0.4, 0.5) is 8.78 Å². The maximum absolute atomic E-state index is 13.6. The lowest BCUT2D eigenvalue weighted by molar-refractivity contribution is 0.280. The van der Waals surface area contributed by atoms with Gasteiger partial charge in [0, 0.05) is 13.1 Å². The first-order chi connectivity index (χ1) is 8.21. The summed E-state index contributed by atoms with van der Waals surface area (Å²) >= 11 is 0. The summed E-state index contributed by atoms with van der Waals surface area (Å²) in [6, 6.07) is 1.31. The molecule has 0 aliphatic rings. The predicted molar refractivity (Wildman–Crippen MR) is 62.4 cm³/mol. The molecule has 1 rings (SSSR count). The molecule has 1 N–H and O–H groups in total. The molecule has 7 heteroatoms. The van der Waals surface area contributed by atoms with Crippen LogP contribution < -0.4 is 0 Å². The second-order valence-corrected chi connectivity index (χ2v) is 6.13. The van der Waals surface area contributed by atoms with E-state index in [4.69, 9.17) is 5.11 Å². The third-order valence-electron chi connectivity index (χ3n) is 2.62. The van der Waals surface area contributed by atoms with Crippen LogP contribution >= 0.6 is 0 Å². The molecule has 1 aromatic carbocycles. The molecule has 4 nitrogen and oxygen atoms in total. The SMILES string of the molecule is CC(C)N(C)S(=O)(=O)c1cc(CO)cc(F)c1F. The van der Waals surface area contributed by atoms with Crippen molar-refractivity contribution in [3.63, 3.8) is 0 Å². The molecule has 0 heterocycles. The molecule has 0 aliphatic carbocycles. The molecule has 0 atom stereocenters. The molecule has 18 heavy (non-hydrogen) atoms. The Hall–Kier alpha value is -1.05. The highest BCUT2D eigenvalue weighted by atomic mass is 32.2. The predicted octanol–water partition coefficient (Wildman–Crippen LogP) is 1.49. The van der Waals surface area contributed by atoms with Gasteiger partial charge in [0.05, 0.1) is 6.61 Å². The van der Waals surface area contributed by atoms with Gasteiger partial charge in [-0.05, 0) is 31.5 Å². The lowest BCUT2D eigenvalue weighted by atomic mass is 10.2. The third-order valence-corrected chi connectivity index (χ3v) is 4.65. The van der Waals surface area contributed by atoms with E-state index < -0.39 is 39.2 Å². The molecule has 0 unspecified atom stereocenters. The van der Waals surface area contributed by atoms with E-state index in [0.29, 0.717) is 0 Å². The summed E-state index contributed by atoms with van der Waals surface area (Å²) in [6.07, 6.45) is 0. The first-order valence-electron chi connectivity index (χ1n) is 5.28. The Labute approximate surface area is 105 Å². The lowest BCUT2D eigenvalue weighted by Crippen LogP contribution is -2.33. The molecule has 0 radical (unpaired) electrons. The number of aliphatic hydroxyl groups excluding tert-OH is 1. The van der Waals surface area contributed by atoms with Crippen LogP contribution in [-0.2, 0) is 16.6 Å². The first kappa shape index (κ1) is 15.0. The fourth-order valence-corrected chi connectivity index (χ4v) is 2.82. The molecular weight excluding hydrogens is 264 g/mol. The van der Waals surface area contributed by atoms with Gasteiger partial charge < -0.3 is 5.11 Å². The van der Waals surface area contributed by atoms with Crippen molar-refractivity contribution in [2.45, 2.75) is 31.4 Å². The van der Waals surface area contributed by atoms with Crippen LogP contribution in [0.2, 0.25) is 0 Å². The largest absolute Gasteiger partial charge is 0.392 e. The fourth-order valence-electron chi connectivity index (χ4n) is 1.33. The number of rotatable bonds is 4. The van der Waals surface area contributed by atoms with Crippen LogP contribution in [0.5, 0.6) is 0 Å². The van der Waals surface area contributed by atoms with Gasteiger partial charge in [-0.3, -0.25) is 0 Å².